The number of hydrogen-bond donors (Lipinski definition) is 1. The highest BCUT2D eigenvalue weighted by molar-refractivity contribution is 4.72. The Bertz CT molecular complexity index is 125. The Hall–Kier alpha value is -0.0800. The third-order valence-electron chi connectivity index (χ3n) is 2.58. The molecule has 0 aliphatic rings. The lowest BCUT2D eigenvalue weighted by Gasteiger charge is -2.22. The van der Waals surface area contributed by atoms with Gasteiger partial charge in [0.05, 0.1) is 6.10 Å². The van der Waals surface area contributed by atoms with E-state index in [9.17, 15) is 0 Å². The number of hydrogen-bond acceptors (Lipinski definition) is 2. The second-order valence-corrected chi connectivity index (χ2v) is 4.39. The Balaban J connectivity index is 3.63. The van der Waals surface area contributed by atoms with Crippen LogP contribution in [0.1, 0.15) is 53.4 Å². The van der Waals surface area contributed by atoms with E-state index in [1.807, 2.05) is 6.92 Å². The van der Waals surface area contributed by atoms with Gasteiger partial charge in [0.2, 0.25) is 0 Å². The van der Waals surface area contributed by atoms with Crippen molar-refractivity contribution < 1.29 is 4.74 Å². The predicted octanol–water partition coefficient (Wildman–Crippen LogP) is 2.96. The van der Waals surface area contributed by atoms with Crippen molar-refractivity contribution in [3.63, 3.8) is 0 Å². The molecule has 2 N–H and O–H groups in total. The molecule has 0 saturated heterocycles. The van der Waals surface area contributed by atoms with E-state index in [4.69, 9.17) is 10.5 Å². The van der Waals surface area contributed by atoms with Crippen molar-refractivity contribution in [1.82, 2.24) is 0 Å². The summed E-state index contributed by atoms with van der Waals surface area (Å²) in [6.45, 7) is 9.46. The van der Waals surface area contributed by atoms with Crippen LogP contribution < -0.4 is 5.73 Å². The molecule has 2 atom stereocenters. The van der Waals surface area contributed by atoms with Gasteiger partial charge in [0.15, 0.2) is 0 Å². The summed E-state index contributed by atoms with van der Waals surface area (Å²) in [5.41, 5.74) is 6.08. The first kappa shape index (κ1) is 13.9. The first-order valence-electron chi connectivity index (χ1n) is 5.98. The molecule has 0 rings (SSSR count). The SMILES string of the molecule is CCOC(CC)C(N)CCCC(C)C. The topological polar surface area (TPSA) is 35.2 Å². The van der Waals surface area contributed by atoms with Crippen LogP contribution in [-0.4, -0.2) is 18.8 Å². The van der Waals surface area contributed by atoms with Crippen molar-refractivity contribution in [3.05, 3.63) is 0 Å². The maximum absolute atomic E-state index is 6.08. The van der Waals surface area contributed by atoms with E-state index in [-0.39, 0.29) is 12.1 Å². The number of ether oxygens (including phenoxy) is 1. The number of rotatable bonds is 8. The quantitative estimate of drug-likeness (QED) is 0.655. The van der Waals surface area contributed by atoms with Crippen LogP contribution in [-0.2, 0) is 4.74 Å². The highest BCUT2D eigenvalue weighted by atomic mass is 16.5. The minimum absolute atomic E-state index is 0.221. The van der Waals surface area contributed by atoms with Gasteiger partial charge in [0.1, 0.15) is 0 Å². The second-order valence-electron chi connectivity index (χ2n) is 4.39. The first-order chi connectivity index (χ1) is 6.61. The maximum atomic E-state index is 6.08. The van der Waals surface area contributed by atoms with Crippen LogP contribution >= 0.6 is 0 Å². The third kappa shape index (κ3) is 6.39. The van der Waals surface area contributed by atoms with Crippen molar-refractivity contribution in [2.45, 2.75) is 65.5 Å². The average molecular weight is 201 g/mol. The van der Waals surface area contributed by atoms with E-state index in [0.29, 0.717) is 0 Å². The van der Waals surface area contributed by atoms with E-state index in [2.05, 4.69) is 20.8 Å². The van der Waals surface area contributed by atoms with E-state index >= 15 is 0 Å². The Morgan fingerprint density at radius 1 is 1.14 bits per heavy atom. The molecule has 0 aromatic rings. The van der Waals surface area contributed by atoms with Crippen molar-refractivity contribution in [2.24, 2.45) is 11.7 Å². The zero-order valence-corrected chi connectivity index (χ0v) is 10.3. The normalized spacial score (nSPS) is 15.9. The highest BCUT2D eigenvalue weighted by Gasteiger charge is 2.15. The molecule has 0 spiro atoms. The molecule has 0 radical (unpaired) electrons. The Labute approximate surface area is 89.2 Å². The fourth-order valence-electron chi connectivity index (χ4n) is 1.71. The fourth-order valence-corrected chi connectivity index (χ4v) is 1.71. The van der Waals surface area contributed by atoms with Gasteiger partial charge in [-0.3, -0.25) is 0 Å². The summed E-state index contributed by atoms with van der Waals surface area (Å²) in [6, 6.07) is 0.221. The summed E-state index contributed by atoms with van der Waals surface area (Å²) < 4.78 is 5.59. The molecule has 0 heterocycles. The summed E-state index contributed by atoms with van der Waals surface area (Å²) in [5.74, 6) is 0.786. The predicted molar refractivity (Wildman–Crippen MR) is 62.4 cm³/mol. The zero-order valence-electron chi connectivity index (χ0n) is 10.3. The average Bonchev–Trinajstić information content (AvgIpc) is 2.13. The molecule has 0 amide bonds. The molecule has 14 heavy (non-hydrogen) atoms. The van der Waals surface area contributed by atoms with Crippen LogP contribution in [0.5, 0.6) is 0 Å². The molecule has 0 fully saturated rings. The minimum Gasteiger partial charge on any atom is -0.377 e. The summed E-state index contributed by atoms with van der Waals surface area (Å²) in [6.07, 6.45) is 4.87. The van der Waals surface area contributed by atoms with Gasteiger partial charge in [-0.15, -0.1) is 0 Å². The van der Waals surface area contributed by atoms with Crippen molar-refractivity contribution in [2.75, 3.05) is 6.61 Å². The molecule has 86 valence electrons. The van der Waals surface area contributed by atoms with Gasteiger partial charge in [-0.25, -0.2) is 0 Å². The molecule has 2 nitrogen and oxygen atoms in total. The van der Waals surface area contributed by atoms with Gasteiger partial charge >= 0.3 is 0 Å². The fraction of sp³-hybridized carbons (Fsp3) is 1.00. The van der Waals surface area contributed by atoms with E-state index in [1.165, 1.54) is 12.8 Å². The molecule has 0 aliphatic heterocycles. The molecule has 0 aromatic carbocycles. The Morgan fingerprint density at radius 2 is 1.79 bits per heavy atom. The van der Waals surface area contributed by atoms with Gasteiger partial charge in [-0.05, 0) is 25.7 Å². The molecule has 0 aromatic heterocycles. The van der Waals surface area contributed by atoms with Crippen molar-refractivity contribution in [3.8, 4) is 0 Å². The molecular weight excluding hydrogens is 174 g/mol. The third-order valence-corrected chi connectivity index (χ3v) is 2.58. The lowest BCUT2D eigenvalue weighted by molar-refractivity contribution is 0.0389. The van der Waals surface area contributed by atoms with Crippen LogP contribution in [0.15, 0.2) is 0 Å². The highest BCUT2D eigenvalue weighted by Crippen LogP contribution is 2.12. The molecular formula is C12H27NO. The van der Waals surface area contributed by atoms with E-state index in [0.717, 1.165) is 25.4 Å². The maximum Gasteiger partial charge on any atom is 0.0723 e. The van der Waals surface area contributed by atoms with Gasteiger partial charge < -0.3 is 10.5 Å². The van der Waals surface area contributed by atoms with Crippen molar-refractivity contribution in [1.29, 1.82) is 0 Å². The van der Waals surface area contributed by atoms with Crippen LogP contribution in [0.2, 0.25) is 0 Å². The van der Waals surface area contributed by atoms with Gasteiger partial charge in [0.25, 0.3) is 0 Å². The summed E-state index contributed by atoms with van der Waals surface area (Å²) >= 11 is 0. The molecule has 0 aliphatic carbocycles. The molecule has 2 heteroatoms. The lowest BCUT2D eigenvalue weighted by atomic mass is 9.99. The summed E-state index contributed by atoms with van der Waals surface area (Å²) in [7, 11) is 0. The van der Waals surface area contributed by atoms with Crippen LogP contribution in [0.25, 0.3) is 0 Å². The smallest absolute Gasteiger partial charge is 0.0723 e. The van der Waals surface area contributed by atoms with Crippen LogP contribution in [0, 0.1) is 5.92 Å². The number of nitrogens with two attached hydrogens (primary N) is 1. The van der Waals surface area contributed by atoms with Gasteiger partial charge in [-0.2, -0.15) is 0 Å². The van der Waals surface area contributed by atoms with E-state index in [1.54, 1.807) is 0 Å². The Morgan fingerprint density at radius 3 is 2.21 bits per heavy atom. The standard InChI is InChI=1S/C12H27NO/c1-5-12(14-6-2)11(13)9-7-8-10(3)4/h10-12H,5-9,13H2,1-4H3. The Kier molecular flexibility index (Phi) is 8.20. The second kappa shape index (κ2) is 8.25. The van der Waals surface area contributed by atoms with Gasteiger partial charge in [0, 0.05) is 12.6 Å². The van der Waals surface area contributed by atoms with Crippen molar-refractivity contribution >= 4 is 0 Å². The minimum atomic E-state index is 0.221. The summed E-state index contributed by atoms with van der Waals surface area (Å²) in [5, 5.41) is 0. The largest absolute Gasteiger partial charge is 0.377 e. The molecule has 0 bridgehead atoms. The molecule has 2 unspecified atom stereocenters. The summed E-state index contributed by atoms with van der Waals surface area (Å²) in [4.78, 5) is 0. The van der Waals surface area contributed by atoms with E-state index < -0.39 is 0 Å². The van der Waals surface area contributed by atoms with Crippen LogP contribution in [0.3, 0.4) is 0 Å². The monoisotopic (exact) mass is 201 g/mol. The lowest BCUT2D eigenvalue weighted by Crippen LogP contribution is -2.36. The van der Waals surface area contributed by atoms with Gasteiger partial charge in [-0.1, -0.05) is 33.6 Å². The zero-order chi connectivity index (χ0) is 11.0. The molecule has 0 saturated carbocycles. The first-order valence-corrected chi connectivity index (χ1v) is 5.98. The van der Waals surface area contributed by atoms with Crippen LogP contribution in [0.4, 0.5) is 0 Å².